The van der Waals surface area contributed by atoms with Gasteiger partial charge in [-0.3, -0.25) is 4.79 Å². The van der Waals surface area contributed by atoms with E-state index in [-0.39, 0.29) is 5.91 Å². The SMILES string of the molecule is CN(CCC(=O)Nc1ccc(Cl)cc1N)C1CCCC1. The van der Waals surface area contributed by atoms with E-state index >= 15 is 0 Å². The highest BCUT2D eigenvalue weighted by molar-refractivity contribution is 6.31. The van der Waals surface area contributed by atoms with Gasteiger partial charge in [-0.25, -0.2) is 0 Å². The van der Waals surface area contributed by atoms with Gasteiger partial charge in [0, 0.05) is 24.0 Å². The molecule has 1 aromatic carbocycles. The van der Waals surface area contributed by atoms with E-state index in [1.54, 1.807) is 18.2 Å². The van der Waals surface area contributed by atoms with Gasteiger partial charge in [-0.05, 0) is 38.1 Å². The summed E-state index contributed by atoms with van der Waals surface area (Å²) in [4.78, 5) is 14.2. The number of rotatable bonds is 5. The molecule has 4 nitrogen and oxygen atoms in total. The third kappa shape index (κ3) is 4.12. The molecule has 0 heterocycles. The molecule has 1 amide bonds. The minimum absolute atomic E-state index is 0.0103. The average molecular weight is 296 g/mol. The van der Waals surface area contributed by atoms with Crippen molar-refractivity contribution in [3.8, 4) is 0 Å². The van der Waals surface area contributed by atoms with Crippen LogP contribution in [0.25, 0.3) is 0 Å². The van der Waals surface area contributed by atoms with Crippen LogP contribution in [0.2, 0.25) is 5.02 Å². The molecule has 5 heteroatoms. The molecule has 3 N–H and O–H groups in total. The number of nitrogens with zero attached hydrogens (tertiary/aromatic N) is 1. The molecule has 110 valence electrons. The molecular weight excluding hydrogens is 274 g/mol. The number of amides is 1. The Hall–Kier alpha value is -1.26. The van der Waals surface area contributed by atoms with Crippen LogP contribution in [-0.2, 0) is 4.79 Å². The molecule has 1 saturated carbocycles. The number of nitrogen functional groups attached to an aromatic ring is 1. The second-order valence-electron chi connectivity index (χ2n) is 5.45. The summed E-state index contributed by atoms with van der Waals surface area (Å²) in [7, 11) is 2.10. The minimum Gasteiger partial charge on any atom is -0.397 e. The van der Waals surface area contributed by atoms with Crippen molar-refractivity contribution in [2.45, 2.75) is 38.1 Å². The van der Waals surface area contributed by atoms with Crippen molar-refractivity contribution < 1.29 is 4.79 Å². The Labute approximate surface area is 125 Å². The van der Waals surface area contributed by atoms with E-state index in [9.17, 15) is 4.79 Å². The van der Waals surface area contributed by atoms with Crippen molar-refractivity contribution in [1.82, 2.24) is 4.90 Å². The minimum atomic E-state index is -0.0103. The average Bonchev–Trinajstić information content (AvgIpc) is 2.93. The fraction of sp³-hybridized carbons (Fsp3) is 0.533. The summed E-state index contributed by atoms with van der Waals surface area (Å²) >= 11 is 5.83. The number of benzene rings is 1. The van der Waals surface area contributed by atoms with Gasteiger partial charge >= 0.3 is 0 Å². The zero-order valence-electron chi connectivity index (χ0n) is 11.9. The van der Waals surface area contributed by atoms with Crippen LogP contribution in [0.3, 0.4) is 0 Å². The van der Waals surface area contributed by atoms with Gasteiger partial charge in [0.1, 0.15) is 0 Å². The predicted octanol–water partition coefficient (Wildman–Crippen LogP) is 3.13. The van der Waals surface area contributed by atoms with E-state index in [4.69, 9.17) is 17.3 Å². The number of carbonyl (C=O) groups is 1. The lowest BCUT2D eigenvalue weighted by Gasteiger charge is -2.23. The Bertz CT molecular complexity index is 472. The Balaban J connectivity index is 1.80. The molecule has 2 rings (SSSR count). The molecule has 0 spiro atoms. The highest BCUT2D eigenvalue weighted by Gasteiger charge is 2.19. The second-order valence-corrected chi connectivity index (χ2v) is 5.89. The zero-order chi connectivity index (χ0) is 14.5. The van der Waals surface area contributed by atoms with Crippen LogP contribution in [0.4, 0.5) is 11.4 Å². The summed E-state index contributed by atoms with van der Waals surface area (Å²) in [6.07, 6.45) is 5.60. The van der Waals surface area contributed by atoms with Gasteiger partial charge in [-0.1, -0.05) is 24.4 Å². The molecule has 1 aliphatic carbocycles. The molecular formula is C15H22ClN3O. The highest BCUT2D eigenvalue weighted by atomic mass is 35.5. The van der Waals surface area contributed by atoms with E-state index in [1.807, 2.05) is 0 Å². The van der Waals surface area contributed by atoms with Crippen LogP contribution in [0.5, 0.6) is 0 Å². The molecule has 0 atom stereocenters. The maximum atomic E-state index is 11.9. The van der Waals surface area contributed by atoms with Gasteiger partial charge in [-0.15, -0.1) is 0 Å². The summed E-state index contributed by atoms with van der Waals surface area (Å²) in [6, 6.07) is 5.74. The number of halogens is 1. The molecule has 0 bridgehead atoms. The lowest BCUT2D eigenvalue weighted by Crippen LogP contribution is -2.32. The quantitative estimate of drug-likeness (QED) is 0.821. The maximum Gasteiger partial charge on any atom is 0.225 e. The number of nitrogens with two attached hydrogens (primary N) is 1. The van der Waals surface area contributed by atoms with Crippen LogP contribution in [0.15, 0.2) is 18.2 Å². The van der Waals surface area contributed by atoms with E-state index < -0.39 is 0 Å². The summed E-state index contributed by atoms with van der Waals surface area (Å²) in [5.41, 5.74) is 6.94. The third-order valence-corrected chi connectivity index (χ3v) is 4.16. The van der Waals surface area contributed by atoms with Crippen molar-refractivity contribution in [3.05, 3.63) is 23.2 Å². The normalized spacial score (nSPS) is 15.8. The molecule has 0 saturated heterocycles. The molecule has 0 aliphatic heterocycles. The zero-order valence-corrected chi connectivity index (χ0v) is 12.6. The van der Waals surface area contributed by atoms with Crippen LogP contribution in [0.1, 0.15) is 32.1 Å². The molecule has 0 aromatic heterocycles. The van der Waals surface area contributed by atoms with Crippen molar-refractivity contribution >= 4 is 28.9 Å². The lowest BCUT2D eigenvalue weighted by atomic mass is 10.2. The summed E-state index contributed by atoms with van der Waals surface area (Å²) < 4.78 is 0. The van der Waals surface area contributed by atoms with Gasteiger partial charge in [0.15, 0.2) is 0 Å². The van der Waals surface area contributed by atoms with E-state index in [2.05, 4.69) is 17.3 Å². The first-order valence-corrected chi connectivity index (χ1v) is 7.49. The standard InChI is InChI=1S/C15H22ClN3O/c1-19(12-4-2-3-5-12)9-8-15(20)18-14-7-6-11(16)10-13(14)17/h6-7,10,12H,2-5,8-9,17H2,1H3,(H,18,20). The van der Waals surface area contributed by atoms with Crippen LogP contribution in [0, 0.1) is 0 Å². The number of nitrogens with one attached hydrogen (secondary N) is 1. The fourth-order valence-electron chi connectivity index (χ4n) is 2.67. The number of hydrogen-bond acceptors (Lipinski definition) is 3. The summed E-state index contributed by atoms with van der Waals surface area (Å²) in [6.45, 7) is 0.782. The molecule has 20 heavy (non-hydrogen) atoms. The van der Waals surface area contributed by atoms with Gasteiger partial charge in [0.2, 0.25) is 5.91 Å². The van der Waals surface area contributed by atoms with Crippen molar-refractivity contribution in [2.24, 2.45) is 0 Å². The van der Waals surface area contributed by atoms with Crippen LogP contribution in [-0.4, -0.2) is 30.4 Å². The maximum absolute atomic E-state index is 11.9. The summed E-state index contributed by atoms with van der Waals surface area (Å²) in [5, 5.41) is 3.40. The summed E-state index contributed by atoms with van der Waals surface area (Å²) in [5.74, 6) is -0.0103. The van der Waals surface area contributed by atoms with Gasteiger partial charge < -0.3 is 16.0 Å². The van der Waals surface area contributed by atoms with Crippen LogP contribution < -0.4 is 11.1 Å². The van der Waals surface area contributed by atoms with E-state index in [1.165, 1.54) is 25.7 Å². The van der Waals surface area contributed by atoms with E-state index in [0.29, 0.717) is 28.9 Å². The Kier molecular flexibility index (Phi) is 5.26. The molecule has 1 aliphatic rings. The topological polar surface area (TPSA) is 58.4 Å². The number of hydrogen-bond donors (Lipinski definition) is 2. The van der Waals surface area contributed by atoms with Gasteiger partial charge in [0.25, 0.3) is 0 Å². The molecule has 1 aromatic rings. The first-order valence-electron chi connectivity index (χ1n) is 7.11. The second kappa shape index (κ2) is 6.95. The largest absolute Gasteiger partial charge is 0.397 e. The lowest BCUT2D eigenvalue weighted by molar-refractivity contribution is -0.116. The fourth-order valence-corrected chi connectivity index (χ4v) is 2.85. The Morgan fingerprint density at radius 3 is 2.80 bits per heavy atom. The molecule has 0 unspecified atom stereocenters. The third-order valence-electron chi connectivity index (χ3n) is 3.93. The monoisotopic (exact) mass is 295 g/mol. The Morgan fingerprint density at radius 2 is 2.15 bits per heavy atom. The van der Waals surface area contributed by atoms with Crippen molar-refractivity contribution in [2.75, 3.05) is 24.6 Å². The van der Waals surface area contributed by atoms with E-state index in [0.717, 1.165) is 6.54 Å². The Morgan fingerprint density at radius 1 is 1.45 bits per heavy atom. The van der Waals surface area contributed by atoms with Crippen molar-refractivity contribution in [3.63, 3.8) is 0 Å². The first-order chi connectivity index (χ1) is 9.56. The number of carbonyl (C=O) groups excluding carboxylic acids is 1. The predicted molar refractivity (Wildman–Crippen MR) is 84.0 cm³/mol. The van der Waals surface area contributed by atoms with Gasteiger partial charge in [0.05, 0.1) is 11.4 Å². The van der Waals surface area contributed by atoms with Crippen LogP contribution >= 0.6 is 11.6 Å². The number of anilines is 2. The first kappa shape index (κ1) is 15.1. The molecule has 1 fully saturated rings. The highest BCUT2D eigenvalue weighted by Crippen LogP contribution is 2.24. The smallest absolute Gasteiger partial charge is 0.225 e. The van der Waals surface area contributed by atoms with Crippen molar-refractivity contribution in [1.29, 1.82) is 0 Å². The van der Waals surface area contributed by atoms with Gasteiger partial charge in [-0.2, -0.15) is 0 Å². The molecule has 0 radical (unpaired) electrons.